The summed E-state index contributed by atoms with van der Waals surface area (Å²) in [7, 11) is 2.10. The number of hydrogen-bond acceptors (Lipinski definition) is 1. The van der Waals surface area contributed by atoms with Crippen LogP contribution in [0.4, 0.5) is 0 Å². The van der Waals surface area contributed by atoms with Crippen molar-refractivity contribution in [1.29, 1.82) is 0 Å². The number of nitrogens with zero attached hydrogens (tertiary/aromatic N) is 1. The van der Waals surface area contributed by atoms with Crippen molar-refractivity contribution in [2.75, 3.05) is 13.6 Å². The van der Waals surface area contributed by atoms with E-state index in [9.17, 15) is 0 Å². The molecule has 0 amide bonds. The second kappa shape index (κ2) is 3.07. The second-order valence-corrected chi connectivity index (χ2v) is 3.20. The Morgan fingerprint density at radius 3 is 2.70 bits per heavy atom. The lowest BCUT2D eigenvalue weighted by Gasteiger charge is -2.21. The van der Waals surface area contributed by atoms with E-state index in [1.54, 1.807) is 0 Å². The summed E-state index contributed by atoms with van der Waals surface area (Å²) in [6, 6.07) is 0.691. The third kappa shape index (κ3) is 1.75. The standard InChI is InChI=1S/C9H15N/c1-4-7-10(3)8(2)9-5-6-9/h1,8-9H,5-7H2,2-3H3. The van der Waals surface area contributed by atoms with E-state index >= 15 is 0 Å². The number of hydrogen-bond donors (Lipinski definition) is 0. The molecule has 1 aliphatic rings. The van der Waals surface area contributed by atoms with Crippen molar-refractivity contribution in [3.05, 3.63) is 0 Å². The maximum Gasteiger partial charge on any atom is 0.0598 e. The highest BCUT2D eigenvalue weighted by Gasteiger charge is 2.29. The predicted molar refractivity (Wildman–Crippen MR) is 43.6 cm³/mol. The van der Waals surface area contributed by atoms with Crippen LogP contribution in [-0.4, -0.2) is 24.5 Å². The van der Waals surface area contributed by atoms with Gasteiger partial charge in [-0.25, -0.2) is 0 Å². The van der Waals surface area contributed by atoms with Gasteiger partial charge in [0.25, 0.3) is 0 Å². The van der Waals surface area contributed by atoms with Gasteiger partial charge in [0.15, 0.2) is 0 Å². The van der Waals surface area contributed by atoms with E-state index in [0.717, 1.165) is 12.5 Å². The van der Waals surface area contributed by atoms with Crippen LogP contribution in [0.2, 0.25) is 0 Å². The molecule has 1 atom stereocenters. The zero-order valence-electron chi connectivity index (χ0n) is 6.80. The first kappa shape index (κ1) is 7.63. The van der Waals surface area contributed by atoms with E-state index in [1.165, 1.54) is 12.8 Å². The monoisotopic (exact) mass is 137 g/mol. The molecule has 1 rings (SSSR count). The first-order valence-corrected chi connectivity index (χ1v) is 3.89. The van der Waals surface area contributed by atoms with Gasteiger partial charge in [0.05, 0.1) is 6.54 Å². The highest BCUT2D eigenvalue weighted by Crippen LogP contribution is 2.34. The molecule has 1 heteroatoms. The van der Waals surface area contributed by atoms with Crippen LogP contribution < -0.4 is 0 Å². The van der Waals surface area contributed by atoms with Crippen LogP contribution in [0, 0.1) is 18.3 Å². The van der Waals surface area contributed by atoms with Crippen LogP contribution in [0.25, 0.3) is 0 Å². The number of terminal acetylenes is 1. The lowest BCUT2D eigenvalue weighted by molar-refractivity contribution is 0.262. The molecular formula is C9H15N. The summed E-state index contributed by atoms with van der Waals surface area (Å²) in [5, 5.41) is 0. The van der Waals surface area contributed by atoms with Crippen LogP contribution in [-0.2, 0) is 0 Å². The van der Waals surface area contributed by atoms with Gasteiger partial charge in [-0.15, -0.1) is 6.42 Å². The SMILES string of the molecule is C#CCN(C)C(C)C1CC1. The number of rotatable bonds is 3. The fraction of sp³-hybridized carbons (Fsp3) is 0.778. The molecule has 0 aromatic carbocycles. The molecule has 0 spiro atoms. The summed E-state index contributed by atoms with van der Waals surface area (Å²) in [6.07, 6.45) is 7.99. The van der Waals surface area contributed by atoms with E-state index in [1.807, 2.05) is 0 Å². The minimum atomic E-state index is 0.691. The summed E-state index contributed by atoms with van der Waals surface area (Å²) >= 11 is 0. The molecule has 0 saturated heterocycles. The maximum atomic E-state index is 5.20. The Hall–Kier alpha value is -0.480. The zero-order valence-corrected chi connectivity index (χ0v) is 6.80. The van der Waals surface area contributed by atoms with Crippen molar-refractivity contribution >= 4 is 0 Å². The van der Waals surface area contributed by atoms with Crippen LogP contribution in [0.15, 0.2) is 0 Å². The lowest BCUT2D eigenvalue weighted by Crippen LogP contribution is -2.30. The molecule has 1 saturated carbocycles. The predicted octanol–water partition coefficient (Wildman–Crippen LogP) is 1.35. The van der Waals surface area contributed by atoms with Gasteiger partial charge < -0.3 is 0 Å². The molecule has 0 aromatic rings. The molecule has 56 valence electrons. The Bertz CT molecular complexity index is 141. The zero-order chi connectivity index (χ0) is 7.56. The Morgan fingerprint density at radius 2 is 2.30 bits per heavy atom. The van der Waals surface area contributed by atoms with Gasteiger partial charge >= 0.3 is 0 Å². The summed E-state index contributed by atoms with van der Waals surface area (Å²) < 4.78 is 0. The maximum absolute atomic E-state index is 5.20. The highest BCUT2D eigenvalue weighted by atomic mass is 15.1. The smallest absolute Gasteiger partial charge is 0.0598 e. The second-order valence-electron chi connectivity index (χ2n) is 3.20. The van der Waals surface area contributed by atoms with Crippen LogP contribution in [0.3, 0.4) is 0 Å². The van der Waals surface area contributed by atoms with Crippen molar-refractivity contribution in [3.8, 4) is 12.3 Å². The first-order valence-electron chi connectivity index (χ1n) is 3.89. The molecule has 1 fully saturated rings. The largest absolute Gasteiger partial charge is 0.292 e. The van der Waals surface area contributed by atoms with Gasteiger partial charge in [0.2, 0.25) is 0 Å². The van der Waals surface area contributed by atoms with Crippen molar-refractivity contribution in [3.63, 3.8) is 0 Å². The van der Waals surface area contributed by atoms with Crippen molar-refractivity contribution in [2.45, 2.75) is 25.8 Å². The van der Waals surface area contributed by atoms with E-state index < -0.39 is 0 Å². The topological polar surface area (TPSA) is 3.24 Å². The van der Waals surface area contributed by atoms with E-state index in [4.69, 9.17) is 6.42 Å². The fourth-order valence-corrected chi connectivity index (χ4v) is 1.23. The van der Waals surface area contributed by atoms with Crippen molar-refractivity contribution in [2.24, 2.45) is 5.92 Å². The Kier molecular flexibility index (Phi) is 2.34. The minimum absolute atomic E-state index is 0.691. The van der Waals surface area contributed by atoms with E-state index in [-0.39, 0.29) is 0 Å². The minimum Gasteiger partial charge on any atom is -0.292 e. The Morgan fingerprint density at radius 1 is 1.70 bits per heavy atom. The average molecular weight is 137 g/mol. The summed E-state index contributed by atoms with van der Waals surface area (Å²) in [4.78, 5) is 2.25. The molecule has 1 nitrogen and oxygen atoms in total. The highest BCUT2D eigenvalue weighted by molar-refractivity contribution is 4.92. The van der Waals surface area contributed by atoms with E-state index in [0.29, 0.717) is 6.04 Å². The Labute approximate surface area is 63.4 Å². The molecule has 0 aliphatic heterocycles. The van der Waals surface area contributed by atoms with Crippen LogP contribution in [0.1, 0.15) is 19.8 Å². The molecular weight excluding hydrogens is 122 g/mol. The molecule has 0 radical (unpaired) electrons. The summed E-state index contributed by atoms with van der Waals surface area (Å²) in [5.74, 6) is 3.59. The van der Waals surface area contributed by atoms with Gasteiger partial charge in [-0.3, -0.25) is 4.90 Å². The first-order chi connectivity index (χ1) is 4.75. The quantitative estimate of drug-likeness (QED) is 0.531. The van der Waals surface area contributed by atoms with Gasteiger partial charge in [-0.05, 0) is 32.7 Å². The molecule has 10 heavy (non-hydrogen) atoms. The van der Waals surface area contributed by atoms with Gasteiger partial charge in [-0.1, -0.05) is 5.92 Å². The van der Waals surface area contributed by atoms with Crippen molar-refractivity contribution < 1.29 is 0 Å². The molecule has 0 heterocycles. The molecule has 0 N–H and O–H groups in total. The molecule has 0 bridgehead atoms. The molecule has 1 aliphatic carbocycles. The third-order valence-corrected chi connectivity index (χ3v) is 2.34. The van der Waals surface area contributed by atoms with Gasteiger partial charge in [0.1, 0.15) is 0 Å². The normalized spacial score (nSPS) is 20.6. The Balaban J connectivity index is 2.25. The lowest BCUT2D eigenvalue weighted by atomic mass is 10.2. The van der Waals surface area contributed by atoms with Gasteiger partial charge in [0, 0.05) is 6.04 Å². The van der Waals surface area contributed by atoms with E-state index in [2.05, 4.69) is 24.8 Å². The van der Waals surface area contributed by atoms with Crippen LogP contribution in [0.5, 0.6) is 0 Å². The van der Waals surface area contributed by atoms with Gasteiger partial charge in [-0.2, -0.15) is 0 Å². The molecule has 1 unspecified atom stereocenters. The average Bonchev–Trinajstić information content (AvgIpc) is 2.68. The molecule has 0 aromatic heterocycles. The fourth-order valence-electron chi connectivity index (χ4n) is 1.23. The summed E-state index contributed by atoms with van der Waals surface area (Å²) in [6.45, 7) is 3.05. The van der Waals surface area contributed by atoms with Crippen LogP contribution >= 0.6 is 0 Å². The summed E-state index contributed by atoms with van der Waals surface area (Å²) in [5.41, 5.74) is 0. The third-order valence-electron chi connectivity index (χ3n) is 2.34. The van der Waals surface area contributed by atoms with Crippen molar-refractivity contribution in [1.82, 2.24) is 4.90 Å².